The number of amides is 1. The quantitative estimate of drug-likeness (QED) is 0.524. The van der Waals surface area contributed by atoms with E-state index in [2.05, 4.69) is 37.2 Å². The first-order valence-corrected chi connectivity index (χ1v) is 8.88. The number of anilines is 2. The number of nitrogen functional groups attached to an aromatic ring is 1. The van der Waals surface area contributed by atoms with Crippen LogP contribution in [0.5, 0.6) is 5.75 Å². The van der Waals surface area contributed by atoms with Crippen molar-refractivity contribution in [1.29, 1.82) is 0 Å². The first kappa shape index (κ1) is 17.2. The highest BCUT2D eigenvalue weighted by Crippen LogP contribution is 2.34. The summed E-state index contributed by atoms with van der Waals surface area (Å²) in [6, 6.07) is 11.1. The molecule has 0 aliphatic heterocycles. The number of nitrogens with two attached hydrogens (primary N) is 1. The fourth-order valence-corrected chi connectivity index (χ4v) is 3.75. The summed E-state index contributed by atoms with van der Waals surface area (Å²) in [6.07, 6.45) is 0. The molecule has 0 atom stereocenters. The van der Waals surface area contributed by atoms with Crippen LogP contribution in [0.2, 0.25) is 0 Å². The van der Waals surface area contributed by atoms with Gasteiger partial charge in [0, 0.05) is 21.1 Å². The Hall–Kier alpha value is -1.18. The van der Waals surface area contributed by atoms with Gasteiger partial charge in [0.05, 0.1) is 23.0 Å². The van der Waals surface area contributed by atoms with E-state index in [1.54, 1.807) is 13.2 Å². The largest absolute Gasteiger partial charge is 0.495 e. The molecule has 0 bridgehead atoms. The summed E-state index contributed by atoms with van der Waals surface area (Å²) in [5.41, 5.74) is 7.19. The molecule has 0 heterocycles. The molecule has 1 amide bonds. The fraction of sp³-hybridized carbons (Fsp3) is 0.133. The molecule has 7 heteroatoms. The van der Waals surface area contributed by atoms with Crippen molar-refractivity contribution in [3.63, 3.8) is 0 Å². The molecule has 0 spiro atoms. The molecule has 2 rings (SSSR count). The maximum absolute atomic E-state index is 12.1. The SMILES string of the molecule is COc1cc(NC(=O)CSc2ccccc2N)c(Br)cc1Br. The Labute approximate surface area is 150 Å². The van der Waals surface area contributed by atoms with Gasteiger partial charge < -0.3 is 15.8 Å². The highest BCUT2D eigenvalue weighted by atomic mass is 79.9. The number of para-hydroxylation sites is 1. The minimum absolute atomic E-state index is 0.113. The zero-order chi connectivity index (χ0) is 16.1. The van der Waals surface area contributed by atoms with Crippen LogP contribution in [0.4, 0.5) is 11.4 Å². The van der Waals surface area contributed by atoms with E-state index in [-0.39, 0.29) is 11.7 Å². The zero-order valence-electron chi connectivity index (χ0n) is 11.7. The van der Waals surface area contributed by atoms with E-state index in [0.29, 0.717) is 17.1 Å². The Morgan fingerprint density at radius 3 is 2.68 bits per heavy atom. The van der Waals surface area contributed by atoms with E-state index in [1.807, 2.05) is 30.3 Å². The first-order valence-electron chi connectivity index (χ1n) is 6.31. The third-order valence-electron chi connectivity index (χ3n) is 2.79. The van der Waals surface area contributed by atoms with E-state index < -0.39 is 0 Å². The van der Waals surface area contributed by atoms with Gasteiger partial charge in [-0.05, 0) is 50.1 Å². The summed E-state index contributed by atoms with van der Waals surface area (Å²) in [4.78, 5) is 13.0. The van der Waals surface area contributed by atoms with Crippen molar-refractivity contribution in [3.8, 4) is 5.75 Å². The van der Waals surface area contributed by atoms with Crippen LogP contribution in [0.1, 0.15) is 0 Å². The second-order valence-electron chi connectivity index (χ2n) is 4.34. The van der Waals surface area contributed by atoms with Crippen LogP contribution in [0.3, 0.4) is 0 Å². The summed E-state index contributed by atoms with van der Waals surface area (Å²) in [5, 5.41) is 2.85. The van der Waals surface area contributed by atoms with Gasteiger partial charge in [-0.15, -0.1) is 11.8 Å². The van der Waals surface area contributed by atoms with Crippen LogP contribution >= 0.6 is 43.6 Å². The normalized spacial score (nSPS) is 10.3. The first-order chi connectivity index (χ1) is 10.5. The molecule has 0 aliphatic carbocycles. The molecule has 0 unspecified atom stereocenters. The van der Waals surface area contributed by atoms with E-state index in [4.69, 9.17) is 10.5 Å². The topological polar surface area (TPSA) is 64.3 Å². The van der Waals surface area contributed by atoms with Gasteiger partial charge >= 0.3 is 0 Å². The lowest BCUT2D eigenvalue weighted by Gasteiger charge is -2.11. The molecule has 0 aromatic heterocycles. The van der Waals surface area contributed by atoms with Crippen LogP contribution < -0.4 is 15.8 Å². The Kier molecular flexibility index (Phi) is 6.16. The van der Waals surface area contributed by atoms with E-state index in [1.165, 1.54) is 11.8 Å². The Bertz CT molecular complexity index is 695. The van der Waals surface area contributed by atoms with Crippen molar-refractivity contribution >= 4 is 60.9 Å². The number of thioether (sulfide) groups is 1. The van der Waals surface area contributed by atoms with Gasteiger partial charge in [-0.25, -0.2) is 0 Å². The monoisotopic (exact) mass is 444 g/mol. The molecule has 116 valence electrons. The number of carbonyl (C=O) groups is 1. The number of nitrogens with one attached hydrogen (secondary N) is 1. The van der Waals surface area contributed by atoms with Gasteiger partial charge in [0.1, 0.15) is 5.75 Å². The zero-order valence-corrected chi connectivity index (χ0v) is 15.7. The number of benzene rings is 2. The number of rotatable bonds is 5. The predicted octanol–water partition coefficient (Wildman–Crippen LogP) is 4.53. The summed E-state index contributed by atoms with van der Waals surface area (Å²) in [7, 11) is 1.58. The molecule has 0 fully saturated rings. The maximum Gasteiger partial charge on any atom is 0.234 e. The molecule has 0 saturated heterocycles. The van der Waals surface area contributed by atoms with E-state index in [9.17, 15) is 4.79 Å². The van der Waals surface area contributed by atoms with Crippen LogP contribution in [0.15, 0.2) is 50.2 Å². The molecule has 4 nitrogen and oxygen atoms in total. The Morgan fingerprint density at radius 2 is 2.00 bits per heavy atom. The summed E-state index contributed by atoms with van der Waals surface area (Å²) >= 11 is 8.21. The van der Waals surface area contributed by atoms with Crippen LogP contribution in [0, 0.1) is 0 Å². The Balaban J connectivity index is 2.02. The van der Waals surface area contributed by atoms with Crippen molar-refractivity contribution < 1.29 is 9.53 Å². The highest BCUT2D eigenvalue weighted by molar-refractivity contribution is 9.11. The second-order valence-corrected chi connectivity index (χ2v) is 7.07. The fourth-order valence-electron chi connectivity index (χ4n) is 1.72. The van der Waals surface area contributed by atoms with Crippen LogP contribution in [-0.2, 0) is 4.79 Å². The van der Waals surface area contributed by atoms with Crippen molar-refractivity contribution in [2.24, 2.45) is 0 Å². The number of carbonyl (C=O) groups excluding carboxylic acids is 1. The van der Waals surface area contributed by atoms with Crippen LogP contribution in [-0.4, -0.2) is 18.8 Å². The lowest BCUT2D eigenvalue weighted by atomic mass is 10.3. The summed E-state index contributed by atoms with van der Waals surface area (Å²) in [5.74, 6) is 0.816. The lowest BCUT2D eigenvalue weighted by Crippen LogP contribution is -2.14. The molecule has 0 aliphatic rings. The predicted molar refractivity (Wildman–Crippen MR) is 98.6 cm³/mol. The van der Waals surface area contributed by atoms with Gasteiger partial charge in [-0.1, -0.05) is 12.1 Å². The van der Waals surface area contributed by atoms with Gasteiger partial charge in [0.25, 0.3) is 0 Å². The standard InChI is InChI=1S/C15H14Br2N2O2S/c1-21-13-7-12(9(16)6-10(13)17)19-15(20)8-22-14-5-3-2-4-11(14)18/h2-7H,8,18H2,1H3,(H,19,20). The molecule has 0 radical (unpaired) electrons. The maximum atomic E-state index is 12.1. The van der Waals surface area contributed by atoms with Crippen molar-refractivity contribution in [3.05, 3.63) is 45.3 Å². The smallest absolute Gasteiger partial charge is 0.234 e. The van der Waals surface area contributed by atoms with Crippen LogP contribution in [0.25, 0.3) is 0 Å². The van der Waals surface area contributed by atoms with Crippen molar-refractivity contribution in [1.82, 2.24) is 0 Å². The molecular weight excluding hydrogens is 432 g/mol. The third kappa shape index (κ3) is 4.41. The average molecular weight is 446 g/mol. The number of ether oxygens (including phenoxy) is 1. The summed E-state index contributed by atoms with van der Waals surface area (Å²) < 4.78 is 6.81. The van der Waals surface area contributed by atoms with Gasteiger partial charge in [0.2, 0.25) is 5.91 Å². The minimum Gasteiger partial charge on any atom is -0.495 e. The number of halogens is 2. The average Bonchev–Trinajstić information content (AvgIpc) is 2.49. The highest BCUT2D eigenvalue weighted by Gasteiger charge is 2.11. The van der Waals surface area contributed by atoms with Gasteiger partial charge in [0.15, 0.2) is 0 Å². The molecular formula is C15H14Br2N2O2S. The molecule has 2 aromatic carbocycles. The summed E-state index contributed by atoms with van der Waals surface area (Å²) in [6.45, 7) is 0. The second kappa shape index (κ2) is 7.89. The Morgan fingerprint density at radius 1 is 1.27 bits per heavy atom. The van der Waals surface area contributed by atoms with E-state index >= 15 is 0 Å². The number of hydrogen-bond donors (Lipinski definition) is 2. The number of hydrogen-bond acceptors (Lipinski definition) is 4. The molecule has 22 heavy (non-hydrogen) atoms. The minimum atomic E-state index is -0.113. The molecule has 3 N–H and O–H groups in total. The van der Waals surface area contributed by atoms with Gasteiger partial charge in [-0.2, -0.15) is 0 Å². The van der Waals surface area contributed by atoms with E-state index in [0.717, 1.165) is 13.8 Å². The van der Waals surface area contributed by atoms with Gasteiger partial charge in [-0.3, -0.25) is 4.79 Å². The number of methoxy groups -OCH3 is 1. The van der Waals surface area contributed by atoms with Crippen molar-refractivity contribution in [2.45, 2.75) is 4.90 Å². The molecule has 2 aromatic rings. The third-order valence-corrected chi connectivity index (χ3v) is 5.16. The molecule has 0 saturated carbocycles. The lowest BCUT2D eigenvalue weighted by molar-refractivity contribution is -0.113. The van der Waals surface area contributed by atoms with Crippen molar-refractivity contribution in [2.75, 3.05) is 23.9 Å².